The van der Waals surface area contributed by atoms with Crippen LogP contribution >= 0.6 is 0 Å². The molecule has 11 nitrogen and oxygen atoms in total. The summed E-state index contributed by atoms with van der Waals surface area (Å²) >= 11 is 0. The summed E-state index contributed by atoms with van der Waals surface area (Å²) in [5, 5.41) is 10.3. The summed E-state index contributed by atoms with van der Waals surface area (Å²) < 4.78 is 37.8. The molecule has 1 saturated heterocycles. The molecular formula is C28H47N4O7S+. The molecule has 3 rings (SSSR count). The fourth-order valence-electron chi connectivity index (χ4n) is 5.60. The van der Waals surface area contributed by atoms with Crippen molar-refractivity contribution in [2.75, 3.05) is 73.5 Å². The van der Waals surface area contributed by atoms with Gasteiger partial charge in [-0.15, -0.1) is 0 Å². The first-order chi connectivity index (χ1) is 18.8. The van der Waals surface area contributed by atoms with E-state index in [9.17, 15) is 23.1 Å². The van der Waals surface area contributed by atoms with Crippen molar-refractivity contribution in [2.24, 2.45) is 5.92 Å². The Labute approximate surface area is 239 Å². The van der Waals surface area contributed by atoms with E-state index in [4.69, 9.17) is 9.47 Å². The highest BCUT2D eigenvalue weighted by molar-refractivity contribution is 7.88. The standard InChI is InChI=1S/C28H46N4O7S/c1-6-7-14-30(15-8-9-16-32(2,3)4)26(33)19-31-18-22(21-10-11-24-25(17-21)39-20-38-24)27(28(34)35)23(31)12-13-29-40(5,36)37/h10-11,17,22-23,27,29H,6-9,12-16,18-20H2,1-5H3/p+1/t22-,23+,27?/m1/s1. The third-order valence-corrected chi connectivity index (χ3v) is 8.37. The number of carbonyl (C=O) groups excluding carboxylic acids is 1. The van der Waals surface area contributed by atoms with Crippen LogP contribution in [0.3, 0.4) is 0 Å². The zero-order valence-corrected chi connectivity index (χ0v) is 25.4. The molecule has 1 fully saturated rings. The molecule has 2 aliphatic rings. The number of fused-ring (bicyclic) bond motifs is 1. The number of nitrogens with zero attached hydrogens (tertiary/aromatic N) is 3. The minimum atomic E-state index is -3.44. The highest BCUT2D eigenvalue weighted by atomic mass is 32.2. The largest absolute Gasteiger partial charge is 0.481 e. The number of carboxylic acid groups (broad SMARTS) is 1. The van der Waals surface area contributed by atoms with Gasteiger partial charge in [-0.25, -0.2) is 13.1 Å². The highest BCUT2D eigenvalue weighted by Crippen LogP contribution is 2.42. The number of carbonyl (C=O) groups is 2. The van der Waals surface area contributed by atoms with Crippen molar-refractivity contribution in [3.63, 3.8) is 0 Å². The van der Waals surface area contributed by atoms with Crippen LogP contribution < -0.4 is 14.2 Å². The molecule has 0 saturated carbocycles. The van der Waals surface area contributed by atoms with Gasteiger partial charge in [0.05, 0.1) is 46.4 Å². The van der Waals surface area contributed by atoms with Gasteiger partial charge in [0.15, 0.2) is 11.5 Å². The predicted octanol–water partition coefficient (Wildman–Crippen LogP) is 1.94. The molecule has 2 N–H and O–H groups in total. The predicted molar refractivity (Wildman–Crippen MR) is 153 cm³/mol. The zero-order chi connectivity index (χ0) is 29.5. The van der Waals surface area contributed by atoms with E-state index >= 15 is 0 Å². The number of amides is 1. The summed E-state index contributed by atoms with van der Waals surface area (Å²) in [4.78, 5) is 30.1. The fourth-order valence-corrected chi connectivity index (χ4v) is 6.09. The van der Waals surface area contributed by atoms with E-state index in [-0.39, 0.29) is 32.2 Å². The molecule has 226 valence electrons. The van der Waals surface area contributed by atoms with Crippen LogP contribution in [0.1, 0.15) is 50.5 Å². The summed E-state index contributed by atoms with van der Waals surface area (Å²) in [5.41, 5.74) is 0.802. The molecule has 1 unspecified atom stereocenters. The van der Waals surface area contributed by atoms with Crippen LogP contribution in [0.2, 0.25) is 0 Å². The lowest BCUT2D eigenvalue weighted by atomic mass is 9.84. The van der Waals surface area contributed by atoms with Crippen molar-refractivity contribution < 1.29 is 37.1 Å². The number of ether oxygens (including phenoxy) is 2. The van der Waals surface area contributed by atoms with E-state index in [2.05, 4.69) is 32.8 Å². The minimum Gasteiger partial charge on any atom is -0.481 e. The van der Waals surface area contributed by atoms with Gasteiger partial charge >= 0.3 is 5.97 Å². The van der Waals surface area contributed by atoms with Crippen LogP contribution in [0, 0.1) is 5.92 Å². The number of benzene rings is 1. The van der Waals surface area contributed by atoms with Crippen LogP contribution in [0.25, 0.3) is 0 Å². The molecule has 12 heteroatoms. The van der Waals surface area contributed by atoms with Gasteiger partial charge in [0.2, 0.25) is 22.7 Å². The summed E-state index contributed by atoms with van der Waals surface area (Å²) in [6.45, 7) is 5.13. The second-order valence-corrected chi connectivity index (χ2v) is 13.8. The topological polar surface area (TPSA) is 125 Å². The fraction of sp³-hybridized carbons (Fsp3) is 0.714. The van der Waals surface area contributed by atoms with Crippen molar-refractivity contribution >= 4 is 21.9 Å². The molecular weight excluding hydrogens is 536 g/mol. The minimum absolute atomic E-state index is 0.0183. The Bertz CT molecular complexity index is 1120. The number of carboxylic acids is 1. The third kappa shape index (κ3) is 9.32. The Hall–Kier alpha value is -2.41. The van der Waals surface area contributed by atoms with Gasteiger partial charge in [-0.3, -0.25) is 14.5 Å². The first-order valence-corrected chi connectivity index (χ1v) is 16.1. The van der Waals surface area contributed by atoms with Crippen molar-refractivity contribution in [2.45, 2.75) is 51.0 Å². The van der Waals surface area contributed by atoms with Gasteiger partial charge in [0, 0.05) is 38.1 Å². The number of likely N-dealkylation sites (tertiary alicyclic amines) is 1. The molecule has 0 aromatic heterocycles. The molecule has 40 heavy (non-hydrogen) atoms. The number of sulfonamides is 1. The normalized spacial score (nSPS) is 21.1. The molecule has 2 heterocycles. The second-order valence-electron chi connectivity index (χ2n) is 12.0. The molecule has 0 bridgehead atoms. The Morgan fingerprint density at radius 1 is 1.12 bits per heavy atom. The van der Waals surface area contributed by atoms with Crippen LogP contribution in [-0.2, 0) is 19.6 Å². The first kappa shape index (κ1) is 32.1. The van der Waals surface area contributed by atoms with Crippen LogP contribution in [0.4, 0.5) is 0 Å². The number of nitrogens with one attached hydrogen (secondary N) is 1. The number of quaternary nitrogens is 1. The molecule has 0 spiro atoms. The van der Waals surface area contributed by atoms with Gasteiger partial charge in [0.25, 0.3) is 0 Å². The lowest BCUT2D eigenvalue weighted by molar-refractivity contribution is -0.870. The maximum atomic E-state index is 13.6. The number of hydrogen-bond donors (Lipinski definition) is 2. The van der Waals surface area contributed by atoms with E-state index < -0.39 is 33.9 Å². The van der Waals surface area contributed by atoms with E-state index in [1.807, 2.05) is 21.9 Å². The molecule has 1 aromatic carbocycles. The van der Waals surface area contributed by atoms with E-state index in [0.29, 0.717) is 31.1 Å². The molecule has 3 atom stereocenters. The van der Waals surface area contributed by atoms with Gasteiger partial charge in [-0.2, -0.15) is 0 Å². The monoisotopic (exact) mass is 583 g/mol. The molecule has 1 amide bonds. The lowest BCUT2D eigenvalue weighted by Crippen LogP contribution is -2.45. The number of aliphatic carboxylic acids is 1. The Balaban J connectivity index is 1.80. The maximum absolute atomic E-state index is 13.6. The second kappa shape index (κ2) is 14.0. The number of rotatable bonds is 16. The quantitative estimate of drug-likeness (QED) is 0.224. The Morgan fingerprint density at radius 3 is 2.48 bits per heavy atom. The molecule has 2 aliphatic heterocycles. The third-order valence-electron chi connectivity index (χ3n) is 7.64. The summed E-state index contributed by atoms with van der Waals surface area (Å²) in [5.74, 6) is -1.00. The van der Waals surface area contributed by atoms with Crippen LogP contribution in [-0.4, -0.2) is 119 Å². The van der Waals surface area contributed by atoms with Crippen molar-refractivity contribution in [1.29, 1.82) is 0 Å². The SMILES string of the molecule is CCCCN(CCCC[N+](C)(C)C)C(=O)CN1C[C@H](c2ccc3c(c2)OCO3)C(C(=O)O)[C@@H]1CCNS(C)(=O)=O. The van der Waals surface area contributed by atoms with Crippen molar-refractivity contribution in [3.8, 4) is 11.5 Å². The van der Waals surface area contributed by atoms with E-state index in [1.54, 1.807) is 6.07 Å². The van der Waals surface area contributed by atoms with Crippen molar-refractivity contribution in [1.82, 2.24) is 14.5 Å². The van der Waals surface area contributed by atoms with Gasteiger partial charge in [-0.1, -0.05) is 19.4 Å². The lowest BCUT2D eigenvalue weighted by Gasteiger charge is -2.30. The Kier molecular flexibility index (Phi) is 11.2. The summed E-state index contributed by atoms with van der Waals surface area (Å²) in [7, 11) is 3.03. The van der Waals surface area contributed by atoms with E-state index in [0.717, 1.165) is 48.5 Å². The maximum Gasteiger partial charge on any atom is 0.308 e. The smallest absolute Gasteiger partial charge is 0.308 e. The van der Waals surface area contributed by atoms with Crippen molar-refractivity contribution in [3.05, 3.63) is 23.8 Å². The molecule has 0 aliphatic carbocycles. The average Bonchev–Trinajstić information content (AvgIpc) is 3.46. The van der Waals surface area contributed by atoms with Gasteiger partial charge in [0.1, 0.15) is 0 Å². The van der Waals surface area contributed by atoms with Crippen LogP contribution in [0.5, 0.6) is 11.5 Å². The van der Waals surface area contributed by atoms with Crippen LogP contribution in [0.15, 0.2) is 18.2 Å². The summed E-state index contributed by atoms with van der Waals surface area (Å²) in [6, 6.07) is 4.94. The molecule has 0 radical (unpaired) electrons. The van der Waals surface area contributed by atoms with Gasteiger partial charge in [-0.05, 0) is 43.4 Å². The zero-order valence-electron chi connectivity index (χ0n) is 24.6. The highest BCUT2D eigenvalue weighted by Gasteiger charge is 2.47. The van der Waals surface area contributed by atoms with E-state index in [1.165, 1.54) is 0 Å². The first-order valence-electron chi connectivity index (χ1n) is 14.2. The molecule has 1 aromatic rings. The number of hydrogen-bond acceptors (Lipinski definition) is 7. The number of unbranched alkanes of at least 4 members (excludes halogenated alkanes) is 2. The van der Waals surface area contributed by atoms with Gasteiger partial charge < -0.3 is 24.0 Å². The average molecular weight is 584 g/mol. The summed E-state index contributed by atoms with van der Waals surface area (Å²) in [6.07, 6.45) is 5.15. The Morgan fingerprint density at radius 2 is 1.82 bits per heavy atom.